The number of carbonyl (C=O) groups is 1. The first kappa shape index (κ1) is 24.7. The maximum atomic E-state index is 12.8. The van der Waals surface area contributed by atoms with Crippen molar-refractivity contribution >= 4 is 11.5 Å². The number of benzene rings is 2. The van der Waals surface area contributed by atoms with Crippen LogP contribution in [-0.2, 0) is 24.1 Å². The Morgan fingerprint density at radius 1 is 0.886 bits per heavy atom. The molecule has 184 valence electrons. The molecule has 0 spiro atoms. The van der Waals surface area contributed by atoms with E-state index in [1.54, 1.807) is 20.5 Å². The fourth-order valence-electron chi connectivity index (χ4n) is 4.43. The average Bonchev–Trinajstić information content (AvgIpc) is 2.86. The van der Waals surface area contributed by atoms with Crippen LogP contribution in [0.25, 0.3) is 0 Å². The third-order valence-electron chi connectivity index (χ3n) is 6.58. The summed E-state index contributed by atoms with van der Waals surface area (Å²) < 4.78 is 10.7. The molecule has 7 heteroatoms. The van der Waals surface area contributed by atoms with Crippen molar-refractivity contribution in [3.63, 3.8) is 0 Å². The number of aryl methyl sites for hydroxylation is 1. The lowest BCUT2D eigenvalue weighted by molar-refractivity contribution is -0.117. The number of piperazine rings is 1. The van der Waals surface area contributed by atoms with E-state index >= 15 is 0 Å². The number of methoxy groups -OCH3 is 2. The standard InChI is InChI=1S/C28H34N4O3/c1-20-13-27(34-3)28(35-4)16-22(20)15-26(33)18-24-17-23(29-19-30-24)14-21-5-7-25(8-6-21)32-11-9-31(2)10-12-32/h5-8,13,16-17,19H,9-12,14-15,18H2,1-4H3. The molecule has 1 saturated heterocycles. The third kappa shape index (κ3) is 6.36. The summed E-state index contributed by atoms with van der Waals surface area (Å²) in [5.41, 5.74) is 6.05. The second-order valence-electron chi connectivity index (χ2n) is 9.16. The molecular weight excluding hydrogens is 440 g/mol. The van der Waals surface area contributed by atoms with Crippen molar-refractivity contribution in [2.75, 3.05) is 52.3 Å². The highest BCUT2D eigenvalue weighted by molar-refractivity contribution is 5.83. The predicted octanol–water partition coefficient (Wildman–Crippen LogP) is 3.50. The molecule has 0 bridgehead atoms. The van der Waals surface area contributed by atoms with Gasteiger partial charge in [0.1, 0.15) is 12.1 Å². The zero-order chi connectivity index (χ0) is 24.8. The molecule has 35 heavy (non-hydrogen) atoms. The minimum absolute atomic E-state index is 0.0986. The maximum absolute atomic E-state index is 12.8. The molecule has 1 aliphatic rings. The number of carbonyl (C=O) groups excluding carboxylic acids is 1. The van der Waals surface area contributed by atoms with Crippen LogP contribution in [0.1, 0.15) is 28.1 Å². The Kier molecular flexibility index (Phi) is 7.98. The van der Waals surface area contributed by atoms with Gasteiger partial charge in [-0.3, -0.25) is 4.79 Å². The van der Waals surface area contributed by atoms with E-state index in [9.17, 15) is 4.79 Å². The third-order valence-corrected chi connectivity index (χ3v) is 6.58. The summed E-state index contributed by atoms with van der Waals surface area (Å²) in [6, 6.07) is 14.4. The minimum atomic E-state index is 0.0986. The lowest BCUT2D eigenvalue weighted by atomic mass is 10.00. The van der Waals surface area contributed by atoms with E-state index in [2.05, 4.69) is 51.1 Å². The molecule has 0 amide bonds. The van der Waals surface area contributed by atoms with Crippen molar-refractivity contribution in [3.8, 4) is 11.5 Å². The highest BCUT2D eigenvalue weighted by atomic mass is 16.5. The summed E-state index contributed by atoms with van der Waals surface area (Å²) in [4.78, 5) is 26.4. The van der Waals surface area contributed by atoms with Crippen LogP contribution in [0, 0.1) is 6.92 Å². The molecule has 1 aliphatic heterocycles. The van der Waals surface area contributed by atoms with Crippen molar-refractivity contribution in [1.82, 2.24) is 14.9 Å². The second-order valence-corrected chi connectivity index (χ2v) is 9.16. The Bertz CT molecular complexity index is 1160. The summed E-state index contributed by atoms with van der Waals surface area (Å²) >= 11 is 0. The Morgan fingerprint density at radius 3 is 2.23 bits per heavy atom. The van der Waals surface area contributed by atoms with Gasteiger partial charge in [0.2, 0.25) is 0 Å². The highest BCUT2D eigenvalue weighted by Crippen LogP contribution is 2.30. The van der Waals surface area contributed by atoms with Gasteiger partial charge in [0.15, 0.2) is 11.5 Å². The Morgan fingerprint density at radius 2 is 1.54 bits per heavy atom. The van der Waals surface area contributed by atoms with Gasteiger partial charge < -0.3 is 19.3 Å². The number of rotatable bonds is 9. The van der Waals surface area contributed by atoms with Gasteiger partial charge in [-0.25, -0.2) is 9.97 Å². The van der Waals surface area contributed by atoms with Crippen LogP contribution < -0.4 is 14.4 Å². The number of hydrogen-bond acceptors (Lipinski definition) is 7. The van der Waals surface area contributed by atoms with E-state index in [1.165, 1.54) is 11.3 Å². The van der Waals surface area contributed by atoms with Crippen molar-refractivity contribution in [2.45, 2.75) is 26.2 Å². The van der Waals surface area contributed by atoms with E-state index in [4.69, 9.17) is 9.47 Å². The smallest absolute Gasteiger partial charge is 0.161 e. The number of likely N-dealkylation sites (N-methyl/N-ethyl adjacent to an activating group) is 1. The van der Waals surface area contributed by atoms with Crippen LogP contribution in [0.2, 0.25) is 0 Å². The molecule has 0 unspecified atom stereocenters. The number of hydrogen-bond donors (Lipinski definition) is 0. The minimum Gasteiger partial charge on any atom is -0.493 e. The first-order valence-electron chi connectivity index (χ1n) is 12.0. The number of aromatic nitrogens is 2. The van der Waals surface area contributed by atoms with Gasteiger partial charge in [0.25, 0.3) is 0 Å². The SMILES string of the molecule is COc1cc(C)c(CC(=O)Cc2cc(Cc3ccc(N4CCN(C)CC4)cc3)ncn2)cc1OC. The number of nitrogens with zero attached hydrogens (tertiary/aromatic N) is 4. The molecule has 1 fully saturated rings. The highest BCUT2D eigenvalue weighted by Gasteiger charge is 2.15. The van der Waals surface area contributed by atoms with Crippen molar-refractivity contribution in [3.05, 3.63) is 76.9 Å². The largest absolute Gasteiger partial charge is 0.493 e. The molecule has 0 aliphatic carbocycles. The Hall–Kier alpha value is -3.45. The summed E-state index contributed by atoms with van der Waals surface area (Å²) in [5.74, 6) is 1.39. The van der Waals surface area contributed by atoms with E-state index in [1.807, 2.05) is 25.1 Å². The van der Waals surface area contributed by atoms with Crippen molar-refractivity contribution < 1.29 is 14.3 Å². The van der Waals surface area contributed by atoms with Crippen LogP contribution in [0.4, 0.5) is 5.69 Å². The molecule has 2 aromatic carbocycles. The fourth-order valence-corrected chi connectivity index (χ4v) is 4.43. The van der Waals surface area contributed by atoms with E-state index in [-0.39, 0.29) is 12.2 Å². The van der Waals surface area contributed by atoms with Gasteiger partial charge in [0.05, 0.1) is 19.9 Å². The quantitative estimate of drug-likeness (QED) is 0.470. The average molecular weight is 475 g/mol. The Labute approximate surface area is 207 Å². The molecular formula is C28H34N4O3. The second kappa shape index (κ2) is 11.3. The molecule has 4 rings (SSSR count). The predicted molar refractivity (Wildman–Crippen MR) is 138 cm³/mol. The van der Waals surface area contributed by atoms with Gasteiger partial charge in [-0.1, -0.05) is 12.1 Å². The summed E-state index contributed by atoms with van der Waals surface area (Å²) in [7, 11) is 5.37. The first-order chi connectivity index (χ1) is 16.9. The molecule has 0 atom stereocenters. The summed E-state index contributed by atoms with van der Waals surface area (Å²) in [6.45, 7) is 6.28. The van der Waals surface area contributed by atoms with E-state index < -0.39 is 0 Å². The number of ketones is 1. The normalized spacial score (nSPS) is 14.1. The molecule has 0 radical (unpaired) electrons. The lowest BCUT2D eigenvalue weighted by Crippen LogP contribution is -2.44. The summed E-state index contributed by atoms with van der Waals surface area (Å²) in [6.07, 6.45) is 2.85. The van der Waals surface area contributed by atoms with Crippen molar-refractivity contribution in [2.24, 2.45) is 0 Å². The number of Topliss-reactive ketones (excluding diaryl/α,β-unsaturated/α-hetero) is 1. The van der Waals surface area contributed by atoms with Crippen LogP contribution in [0.5, 0.6) is 11.5 Å². The molecule has 0 saturated carbocycles. The Balaban J connectivity index is 1.37. The van der Waals surface area contributed by atoms with Crippen LogP contribution in [0.15, 0.2) is 48.8 Å². The van der Waals surface area contributed by atoms with Gasteiger partial charge in [-0.2, -0.15) is 0 Å². The molecule has 7 nitrogen and oxygen atoms in total. The molecule has 2 heterocycles. The number of anilines is 1. The first-order valence-corrected chi connectivity index (χ1v) is 12.0. The molecule has 3 aromatic rings. The van der Waals surface area contributed by atoms with Gasteiger partial charge in [-0.15, -0.1) is 0 Å². The monoisotopic (exact) mass is 474 g/mol. The van der Waals surface area contributed by atoms with Crippen molar-refractivity contribution in [1.29, 1.82) is 0 Å². The van der Waals surface area contributed by atoms with Gasteiger partial charge >= 0.3 is 0 Å². The summed E-state index contributed by atoms with van der Waals surface area (Å²) in [5, 5.41) is 0. The molecule has 1 aromatic heterocycles. The van der Waals surface area contributed by atoms with Crippen LogP contribution in [-0.4, -0.2) is 68.1 Å². The van der Waals surface area contributed by atoms with Crippen LogP contribution >= 0.6 is 0 Å². The topological polar surface area (TPSA) is 67.8 Å². The van der Waals surface area contributed by atoms with E-state index in [0.29, 0.717) is 24.3 Å². The van der Waals surface area contributed by atoms with Gasteiger partial charge in [0, 0.05) is 56.8 Å². The lowest BCUT2D eigenvalue weighted by Gasteiger charge is -2.34. The zero-order valence-corrected chi connectivity index (χ0v) is 21.1. The maximum Gasteiger partial charge on any atom is 0.161 e. The van der Waals surface area contributed by atoms with Crippen LogP contribution in [0.3, 0.4) is 0 Å². The van der Waals surface area contributed by atoms with E-state index in [0.717, 1.165) is 48.7 Å². The molecule has 0 N–H and O–H groups in total. The number of ether oxygens (including phenoxy) is 2. The zero-order valence-electron chi connectivity index (χ0n) is 21.1. The fraction of sp³-hybridized carbons (Fsp3) is 0.393. The van der Waals surface area contributed by atoms with Gasteiger partial charge in [-0.05, 0) is 61.0 Å².